The van der Waals surface area contributed by atoms with E-state index in [-0.39, 0.29) is 21.2 Å². The summed E-state index contributed by atoms with van der Waals surface area (Å²) in [5, 5.41) is 1.12. The number of rotatable bonds is 6. The lowest BCUT2D eigenvalue weighted by Gasteiger charge is -2.38. The topological polar surface area (TPSA) is 84.0 Å². The molecule has 2 aromatic rings. The molecule has 1 heterocycles. The molecule has 5 rings (SSSR count). The Balaban J connectivity index is 1.62. The number of imide groups is 1. The van der Waals surface area contributed by atoms with E-state index in [1.165, 1.54) is 50.4 Å². The second-order valence-electron chi connectivity index (χ2n) is 9.49. The zero-order valence-electron chi connectivity index (χ0n) is 20.4. The Morgan fingerprint density at radius 3 is 1.73 bits per heavy atom. The summed E-state index contributed by atoms with van der Waals surface area (Å²) in [5.41, 5.74) is 0.233. The molecule has 2 aromatic carbocycles. The van der Waals surface area contributed by atoms with Gasteiger partial charge in [0.1, 0.15) is 21.5 Å². The summed E-state index contributed by atoms with van der Waals surface area (Å²) in [7, 11) is 1.47. The number of Topliss-reactive ketones (excluding diaryl/α,β-unsaturated/α-hetero) is 1. The molecular formula is C26H17Cl7N2O5. The number of hydrogen-bond donors (Lipinski definition) is 0. The largest absolute Gasteiger partial charge is 0.497 e. The Morgan fingerprint density at radius 2 is 1.27 bits per heavy atom. The highest BCUT2D eigenvalue weighted by atomic mass is 35.5. The van der Waals surface area contributed by atoms with Gasteiger partial charge in [0.2, 0.25) is 0 Å². The molecule has 0 radical (unpaired) electrons. The van der Waals surface area contributed by atoms with Crippen LogP contribution < -0.4 is 4.74 Å². The second-order valence-corrected chi connectivity index (χ2v) is 13.2. The van der Waals surface area contributed by atoms with Crippen molar-refractivity contribution in [2.75, 3.05) is 7.11 Å². The molecule has 3 aliphatic rings. The third-order valence-electron chi connectivity index (χ3n) is 7.52. The molecule has 2 aliphatic carbocycles. The van der Waals surface area contributed by atoms with Gasteiger partial charge in [-0.2, -0.15) is 5.01 Å². The van der Waals surface area contributed by atoms with Gasteiger partial charge in [-0.05, 0) is 55.5 Å². The highest BCUT2D eigenvalue weighted by Gasteiger charge is 2.88. The minimum Gasteiger partial charge on any atom is -0.497 e. The zero-order valence-corrected chi connectivity index (χ0v) is 25.7. The molecule has 1 aliphatic heterocycles. The maximum absolute atomic E-state index is 14.0. The van der Waals surface area contributed by atoms with Crippen LogP contribution in [-0.4, -0.2) is 60.8 Å². The molecule has 14 heteroatoms. The van der Waals surface area contributed by atoms with Gasteiger partial charge in [0.05, 0.1) is 29.0 Å². The van der Waals surface area contributed by atoms with Gasteiger partial charge >= 0.3 is 0 Å². The molecular weight excluding hydrogens is 668 g/mol. The molecule has 5 atom stereocenters. The van der Waals surface area contributed by atoms with E-state index >= 15 is 0 Å². The average molecular weight is 686 g/mol. The molecule has 2 fully saturated rings. The van der Waals surface area contributed by atoms with E-state index in [2.05, 4.69) is 0 Å². The summed E-state index contributed by atoms with van der Waals surface area (Å²) >= 11 is 45.5. The first-order valence-electron chi connectivity index (χ1n) is 11.6. The first-order chi connectivity index (χ1) is 18.7. The Labute approximate surface area is 263 Å². The Hall–Kier alpha value is -1.71. The van der Waals surface area contributed by atoms with Crippen LogP contribution in [0.15, 0.2) is 58.6 Å². The Bertz CT molecular complexity index is 1450. The number of ketones is 1. The normalized spacial score (nSPS) is 29.1. The van der Waals surface area contributed by atoms with Gasteiger partial charge in [-0.3, -0.25) is 19.2 Å². The molecule has 0 unspecified atom stereocenters. The van der Waals surface area contributed by atoms with Crippen molar-refractivity contribution < 1.29 is 23.9 Å². The Morgan fingerprint density at radius 1 is 0.825 bits per heavy atom. The van der Waals surface area contributed by atoms with Crippen molar-refractivity contribution in [3.05, 3.63) is 74.7 Å². The number of ether oxygens (including phenoxy) is 1. The molecule has 0 aromatic heterocycles. The van der Waals surface area contributed by atoms with Crippen molar-refractivity contribution in [3.8, 4) is 5.75 Å². The number of carbonyl (C=O) groups is 4. The summed E-state index contributed by atoms with van der Waals surface area (Å²) in [5.74, 6) is -5.86. The maximum atomic E-state index is 14.0. The quantitative estimate of drug-likeness (QED) is 0.199. The predicted octanol–water partition coefficient (Wildman–Crippen LogP) is 6.42. The maximum Gasteiger partial charge on any atom is 0.273 e. The third kappa shape index (κ3) is 3.72. The van der Waals surface area contributed by atoms with Crippen LogP contribution in [0.5, 0.6) is 5.75 Å². The van der Waals surface area contributed by atoms with Crippen LogP contribution >= 0.6 is 81.2 Å². The van der Waals surface area contributed by atoms with Crippen LogP contribution in [0.2, 0.25) is 5.02 Å². The van der Waals surface area contributed by atoms with Crippen LogP contribution in [0.25, 0.3) is 0 Å². The summed E-state index contributed by atoms with van der Waals surface area (Å²) < 4.78 is 2.98. The van der Waals surface area contributed by atoms with E-state index in [0.717, 1.165) is 5.01 Å². The Kier molecular flexibility index (Phi) is 7.40. The summed E-state index contributed by atoms with van der Waals surface area (Å²) in [6.45, 7) is 1.38. The molecule has 210 valence electrons. The fourth-order valence-electron chi connectivity index (χ4n) is 5.46. The standard InChI is InChI=1S/C26H17Cl7N2O5/c1-11(18(36)12-5-9-15(40-2)10-6-12)34(21(37)13-3-7-14(27)8-4-13)35-22(38)16-17(23(35)39)25(31)20(29)19(28)24(16,30)26(25,32)33/h3-11,16-17H,1-2H3/t11-,16+,17+,24+,25+/m0/s1. The SMILES string of the molecule is COc1ccc(C(=O)[C@H](C)N(C(=O)c2ccc(Cl)cc2)N2C(=O)[C@H]3[C@H](C2=O)[C@@]2(Cl)C(Cl)=C(Cl)[C@@]3(Cl)C2(Cl)Cl)cc1. The number of hydrazine groups is 1. The van der Waals surface area contributed by atoms with E-state index in [4.69, 9.17) is 85.9 Å². The third-order valence-corrected chi connectivity index (χ3v) is 12.0. The van der Waals surface area contributed by atoms with Crippen LogP contribution in [0.3, 0.4) is 0 Å². The lowest BCUT2D eigenvalue weighted by Crippen LogP contribution is -2.59. The number of halogens is 7. The van der Waals surface area contributed by atoms with Crippen molar-refractivity contribution in [2.24, 2.45) is 11.8 Å². The first kappa shape index (κ1) is 29.8. The summed E-state index contributed by atoms with van der Waals surface area (Å²) in [6, 6.07) is 10.4. The van der Waals surface area contributed by atoms with E-state index in [1.54, 1.807) is 12.1 Å². The van der Waals surface area contributed by atoms with E-state index in [9.17, 15) is 19.2 Å². The van der Waals surface area contributed by atoms with Crippen molar-refractivity contribution in [1.82, 2.24) is 10.0 Å². The highest BCUT2D eigenvalue weighted by molar-refractivity contribution is 6.66. The summed E-state index contributed by atoms with van der Waals surface area (Å²) in [4.78, 5) is 51.4. The average Bonchev–Trinajstić information content (AvgIpc) is 3.32. The molecule has 2 bridgehead atoms. The van der Waals surface area contributed by atoms with Gasteiger partial charge in [0.25, 0.3) is 17.7 Å². The number of alkyl halides is 4. The van der Waals surface area contributed by atoms with Crippen molar-refractivity contribution in [3.63, 3.8) is 0 Å². The monoisotopic (exact) mass is 682 g/mol. The fourth-order valence-corrected chi connectivity index (χ4v) is 8.52. The van der Waals surface area contributed by atoms with E-state index in [0.29, 0.717) is 15.8 Å². The van der Waals surface area contributed by atoms with Crippen LogP contribution in [-0.2, 0) is 9.59 Å². The van der Waals surface area contributed by atoms with Crippen LogP contribution in [0.4, 0.5) is 0 Å². The zero-order chi connectivity index (χ0) is 29.5. The molecule has 3 amide bonds. The molecule has 1 saturated heterocycles. The van der Waals surface area contributed by atoms with Gasteiger partial charge < -0.3 is 4.74 Å². The predicted molar refractivity (Wildman–Crippen MR) is 154 cm³/mol. The minimum atomic E-state index is -2.15. The van der Waals surface area contributed by atoms with Gasteiger partial charge in [0, 0.05) is 16.1 Å². The van der Waals surface area contributed by atoms with E-state index < -0.39 is 55.5 Å². The van der Waals surface area contributed by atoms with Gasteiger partial charge in [-0.15, -0.1) is 23.2 Å². The van der Waals surface area contributed by atoms with Crippen LogP contribution in [0.1, 0.15) is 27.6 Å². The van der Waals surface area contributed by atoms with Crippen LogP contribution in [0, 0.1) is 11.8 Å². The lowest BCUT2D eigenvalue weighted by atomic mass is 9.84. The first-order valence-corrected chi connectivity index (χ1v) is 14.3. The van der Waals surface area contributed by atoms with Crippen molar-refractivity contribution in [2.45, 2.75) is 27.0 Å². The number of fused-ring (bicyclic) bond motifs is 5. The molecule has 40 heavy (non-hydrogen) atoms. The molecule has 0 spiro atoms. The number of benzene rings is 2. The fraction of sp³-hybridized carbons (Fsp3) is 0.308. The number of methoxy groups -OCH3 is 1. The molecule has 0 N–H and O–H groups in total. The molecule has 7 nitrogen and oxygen atoms in total. The molecule has 1 saturated carbocycles. The lowest BCUT2D eigenvalue weighted by molar-refractivity contribution is -0.157. The number of amides is 3. The number of allylic oxidation sites excluding steroid dienone is 2. The van der Waals surface area contributed by atoms with E-state index in [1.807, 2.05) is 0 Å². The van der Waals surface area contributed by atoms with Crippen molar-refractivity contribution >= 4 is 105 Å². The second kappa shape index (κ2) is 9.94. The van der Waals surface area contributed by atoms with Crippen molar-refractivity contribution in [1.29, 1.82) is 0 Å². The minimum absolute atomic E-state index is 0.0406. The highest BCUT2D eigenvalue weighted by Crippen LogP contribution is 2.77. The van der Waals surface area contributed by atoms with Gasteiger partial charge in [-0.1, -0.05) is 58.0 Å². The van der Waals surface area contributed by atoms with Gasteiger partial charge in [-0.25, -0.2) is 5.01 Å². The number of carbonyl (C=O) groups excluding carboxylic acids is 4. The number of nitrogens with zero attached hydrogens (tertiary/aromatic N) is 2. The van der Waals surface area contributed by atoms with Gasteiger partial charge in [0.15, 0.2) is 10.1 Å². The smallest absolute Gasteiger partial charge is 0.273 e. The number of hydrogen-bond acceptors (Lipinski definition) is 5. The summed E-state index contributed by atoms with van der Waals surface area (Å²) in [6.07, 6.45) is 0.